The highest BCUT2D eigenvalue weighted by molar-refractivity contribution is 6.30. The predicted octanol–water partition coefficient (Wildman–Crippen LogP) is 2.72. The SMILES string of the molecule is Cc1ncn(-c2cc(Cl)ccc2N)c1C. The lowest BCUT2D eigenvalue weighted by Crippen LogP contribution is -2.00. The second-order valence-electron chi connectivity index (χ2n) is 3.49. The summed E-state index contributed by atoms with van der Waals surface area (Å²) in [7, 11) is 0. The summed E-state index contributed by atoms with van der Waals surface area (Å²) in [5.74, 6) is 0. The third-order valence-corrected chi connectivity index (χ3v) is 2.74. The van der Waals surface area contributed by atoms with Crippen molar-refractivity contribution in [3.05, 3.63) is 40.9 Å². The number of halogens is 1. The van der Waals surface area contributed by atoms with Crippen LogP contribution in [0.1, 0.15) is 11.4 Å². The highest BCUT2D eigenvalue weighted by atomic mass is 35.5. The van der Waals surface area contributed by atoms with Gasteiger partial charge < -0.3 is 10.3 Å². The molecule has 1 aromatic carbocycles. The number of nitrogens with zero attached hydrogens (tertiary/aromatic N) is 2. The van der Waals surface area contributed by atoms with Crippen LogP contribution in [0.15, 0.2) is 24.5 Å². The Balaban J connectivity index is 2.63. The third kappa shape index (κ3) is 1.70. The lowest BCUT2D eigenvalue weighted by atomic mass is 10.2. The summed E-state index contributed by atoms with van der Waals surface area (Å²) in [6.07, 6.45) is 1.76. The average Bonchev–Trinajstić information content (AvgIpc) is 2.52. The number of nitrogens with two attached hydrogens (primary N) is 1. The molecular formula is C11H12ClN3. The van der Waals surface area contributed by atoms with Crippen LogP contribution in [0, 0.1) is 13.8 Å². The van der Waals surface area contributed by atoms with Crippen LogP contribution in [0.2, 0.25) is 5.02 Å². The molecule has 2 N–H and O–H groups in total. The minimum Gasteiger partial charge on any atom is -0.397 e. The number of benzene rings is 1. The minimum absolute atomic E-state index is 0.671. The molecule has 0 spiro atoms. The van der Waals surface area contributed by atoms with Crippen LogP contribution in [0.4, 0.5) is 5.69 Å². The van der Waals surface area contributed by atoms with E-state index in [1.165, 1.54) is 0 Å². The van der Waals surface area contributed by atoms with E-state index >= 15 is 0 Å². The summed E-state index contributed by atoms with van der Waals surface area (Å²) in [4.78, 5) is 4.23. The molecule has 0 bridgehead atoms. The maximum atomic E-state index is 5.94. The van der Waals surface area contributed by atoms with Crippen molar-refractivity contribution in [3.8, 4) is 5.69 Å². The lowest BCUT2D eigenvalue weighted by Gasteiger charge is -2.09. The zero-order chi connectivity index (χ0) is 11.0. The normalized spacial score (nSPS) is 10.6. The topological polar surface area (TPSA) is 43.8 Å². The highest BCUT2D eigenvalue weighted by Crippen LogP contribution is 2.23. The Morgan fingerprint density at radius 3 is 2.67 bits per heavy atom. The van der Waals surface area contributed by atoms with Gasteiger partial charge in [-0.25, -0.2) is 4.98 Å². The number of hydrogen-bond donors (Lipinski definition) is 1. The van der Waals surface area contributed by atoms with Gasteiger partial charge in [0, 0.05) is 10.7 Å². The number of nitrogen functional groups attached to an aromatic ring is 1. The highest BCUT2D eigenvalue weighted by Gasteiger charge is 2.07. The van der Waals surface area contributed by atoms with Gasteiger partial charge in [-0.3, -0.25) is 0 Å². The summed E-state index contributed by atoms with van der Waals surface area (Å²) in [6, 6.07) is 5.41. The first-order chi connectivity index (χ1) is 7.09. The van der Waals surface area contributed by atoms with Crippen LogP contribution in [0.3, 0.4) is 0 Å². The molecule has 2 rings (SSSR count). The monoisotopic (exact) mass is 221 g/mol. The van der Waals surface area contributed by atoms with Gasteiger partial charge in [0.1, 0.15) is 0 Å². The molecule has 0 atom stereocenters. The zero-order valence-electron chi connectivity index (χ0n) is 8.66. The van der Waals surface area contributed by atoms with E-state index in [0.717, 1.165) is 17.1 Å². The molecule has 3 nitrogen and oxygen atoms in total. The van der Waals surface area contributed by atoms with Gasteiger partial charge in [0.05, 0.1) is 23.4 Å². The molecule has 0 aliphatic rings. The van der Waals surface area contributed by atoms with Gasteiger partial charge in [0.25, 0.3) is 0 Å². The molecule has 0 saturated carbocycles. The van der Waals surface area contributed by atoms with Crippen molar-refractivity contribution in [2.75, 3.05) is 5.73 Å². The largest absolute Gasteiger partial charge is 0.397 e. The number of imidazole rings is 1. The fourth-order valence-corrected chi connectivity index (χ4v) is 1.63. The second-order valence-corrected chi connectivity index (χ2v) is 3.92. The van der Waals surface area contributed by atoms with E-state index in [4.69, 9.17) is 17.3 Å². The molecule has 4 heteroatoms. The number of rotatable bonds is 1. The first-order valence-corrected chi connectivity index (χ1v) is 5.03. The standard InChI is InChI=1S/C11H12ClN3/c1-7-8(2)15(6-14-7)11-5-9(12)3-4-10(11)13/h3-6H,13H2,1-2H3. The Bertz CT molecular complexity index is 503. The van der Waals surface area contributed by atoms with Gasteiger partial charge in [0.2, 0.25) is 0 Å². The molecule has 0 saturated heterocycles. The van der Waals surface area contributed by atoms with Crippen LogP contribution in [0.5, 0.6) is 0 Å². The Kier molecular flexibility index (Phi) is 2.40. The van der Waals surface area contributed by atoms with Gasteiger partial charge in [0.15, 0.2) is 0 Å². The second kappa shape index (κ2) is 3.59. The van der Waals surface area contributed by atoms with Gasteiger partial charge in [-0.1, -0.05) is 11.6 Å². The van der Waals surface area contributed by atoms with Crippen LogP contribution < -0.4 is 5.73 Å². The third-order valence-electron chi connectivity index (χ3n) is 2.50. The smallest absolute Gasteiger partial charge is 0.0998 e. The first-order valence-electron chi connectivity index (χ1n) is 4.65. The van der Waals surface area contributed by atoms with Gasteiger partial charge in [-0.05, 0) is 32.0 Å². The van der Waals surface area contributed by atoms with Crippen LogP contribution in [-0.2, 0) is 0 Å². The van der Waals surface area contributed by atoms with Crippen LogP contribution in [-0.4, -0.2) is 9.55 Å². The molecular weight excluding hydrogens is 210 g/mol. The van der Waals surface area contributed by atoms with Gasteiger partial charge >= 0.3 is 0 Å². The van der Waals surface area contributed by atoms with E-state index in [0.29, 0.717) is 10.7 Å². The number of aryl methyl sites for hydroxylation is 1. The minimum atomic E-state index is 0.671. The summed E-state index contributed by atoms with van der Waals surface area (Å²) in [6.45, 7) is 3.97. The predicted molar refractivity (Wildman–Crippen MR) is 62.5 cm³/mol. The lowest BCUT2D eigenvalue weighted by molar-refractivity contribution is 1.00. The number of hydrogen-bond acceptors (Lipinski definition) is 2. The summed E-state index contributed by atoms with van der Waals surface area (Å²) < 4.78 is 1.94. The fraction of sp³-hybridized carbons (Fsp3) is 0.182. The molecule has 1 aromatic heterocycles. The fourth-order valence-electron chi connectivity index (χ4n) is 1.47. The quantitative estimate of drug-likeness (QED) is 0.753. The maximum Gasteiger partial charge on any atom is 0.0998 e. The first kappa shape index (κ1) is 10.1. The number of anilines is 1. The molecule has 2 aromatic rings. The van der Waals surface area contributed by atoms with E-state index in [9.17, 15) is 0 Å². The van der Waals surface area contributed by atoms with Gasteiger partial charge in [-0.2, -0.15) is 0 Å². The van der Waals surface area contributed by atoms with E-state index in [2.05, 4.69) is 4.98 Å². The van der Waals surface area contributed by atoms with Crippen LogP contribution in [0.25, 0.3) is 5.69 Å². The summed E-state index contributed by atoms with van der Waals surface area (Å²) in [5.41, 5.74) is 9.53. The van der Waals surface area contributed by atoms with Crippen molar-refractivity contribution in [2.24, 2.45) is 0 Å². The van der Waals surface area contributed by atoms with Crippen molar-refractivity contribution in [2.45, 2.75) is 13.8 Å². The van der Waals surface area contributed by atoms with E-state index in [-0.39, 0.29) is 0 Å². The van der Waals surface area contributed by atoms with Crippen molar-refractivity contribution >= 4 is 17.3 Å². The summed E-state index contributed by atoms with van der Waals surface area (Å²) in [5, 5.41) is 0.671. The van der Waals surface area contributed by atoms with Gasteiger partial charge in [-0.15, -0.1) is 0 Å². The molecule has 78 valence electrons. The average molecular weight is 222 g/mol. The molecule has 0 amide bonds. The van der Waals surface area contributed by atoms with Crippen molar-refractivity contribution in [3.63, 3.8) is 0 Å². The Morgan fingerprint density at radius 2 is 2.07 bits per heavy atom. The Morgan fingerprint density at radius 1 is 1.33 bits per heavy atom. The summed E-state index contributed by atoms with van der Waals surface area (Å²) >= 11 is 5.94. The molecule has 0 unspecified atom stereocenters. The zero-order valence-corrected chi connectivity index (χ0v) is 9.42. The van der Waals surface area contributed by atoms with Crippen molar-refractivity contribution < 1.29 is 0 Å². The molecule has 0 aliphatic carbocycles. The maximum absolute atomic E-state index is 5.94. The Labute approximate surface area is 93.5 Å². The van der Waals surface area contributed by atoms with E-state index in [1.807, 2.05) is 24.5 Å². The van der Waals surface area contributed by atoms with Crippen molar-refractivity contribution in [1.82, 2.24) is 9.55 Å². The Hall–Kier alpha value is -1.48. The van der Waals surface area contributed by atoms with Crippen LogP contribution >= 0.6 is 11.6 Å². The van der Waals surface area contributed by atoms with E-state index < -0.39 is 0 Å². The molecule has 0 fully saturated rings. The molecule has 15 heavy (non-hydrogen) atoms. The van der Waals surface area contributed by atoms with E-state index in [1.54, 1.807) is 18.5 Å². The molecule has 0 aliphatic heterocycles. The number of aromatic nitrogens is 2. The van der Waals surface area contributed by atoms with Crippen molar-refractivity contribution in [1.29, 1.82) is 0 Å². The molecule has 0 radical (unpaired) electrons. The molecule has 1 heterocycles.